The number of fused-ring (bicyclic) bond motifs is 1. The monoisotopic (exact) mass is 413 g/mol. The Kier molecular flexibility index (Phi) is 5.09. The van der Waals surface area contributed by atoms with E-state index >= 15 is 4.39 Å². The Morgan fingerprint density at radius 1 is 1.24 bits per heavy atom. The van der Waals surface area contributed by atoms with Gasteiger partial charge in [0.1, 0.15) is 11.4 Å². The molecule has 0 aliphatic carbocycles. The Balaban J connectivity index is 1.87. The first-order valence-corrected chi connectivity index (χ1v) is 10.3. The predicted molar refractivity (Wildman–Crippen MR) is 112 cm³/mol. The molecular formula is C22H21F2N3OS. The summed E-state index contributed by atoms with van der Waals surface area (Å²) in [6.07, 6.45) is 3.20. The molecule has 2 aliphatic heterocycles. The summed E-state index contributed by atoms with van der Waals surface area (Å²) in [5.74, 6) is 5.44. The van der Waals surface area contributed by atoms with Crippen molar-refractivity contribution in [2.45, 2.75) is 37.6 Å². The largest absolute Gasteiger partial charge is 0.379 e. The first-order chi connectivity index (χ1) is 13.8. The van der Waals surface area contributed by atoms with Gasteiger partial charge >= 0.3 is 0 Å². The van der Waals surface area contributed by atoms with Gasteiger partial charge in [0.15, 0.2) is 10.8 Å². The molecule has 3 atom stereocenters. The van der Waals surface area contributed by atoms with Gasteiger partial charge < -0.3 is 10.5 Å². The number of hydrogen-bond donors (Lipinski definition) is 1. The fourth-order valence-corrected chi connectivity index (χ4v) is 4.96. The number of benzene rings is 1. The van der Waals surface area contributed by atoms with Gasteiger partial charge in [0.05, 0.1) is 12.7 Å². The number of halogens is 2. The van der Waals surface area contributed by atoms with Crippen LogP contribution in [0.1, 0.15) is 31.4 Å². The molecule has 150 valence electrons. The number of amidine groups is 1. The third kappa shape index (κ3) is 3.52. The average molecular weight is 413 g/mol. The molecule has 4 nitrogen and oxygen atoms in total. The second-order valence-corrected chi connectivity index (χ2v) is 8.45. The fourth-order valence-electron chi connectivity index (χ4n) is 4.01. The van der Waals surface area contributed by atoms with Crippen molar-refractivity contribution >= 4 is 16.9 Å². The molecule has 1 fully saturated rings. The minimum atomic E-state index is -1.68. The minimum absolute atomic E-state index is 0.00835. The number of aliphatic imine (C=N–C) groups is 1. The first kappa shape index (κ1) is 19.9. The van der Waals surface area contributed by atoms with E-state index in [1.54, 1.807) is 25.4 Å². The van der Waals surface area contributed by atoms with Crippen molar-refractivity contribution in [1.29, 1.82) is 0 Å². The van der Waals surface area contributed by atoms with E-state index in [2.05, 4.69) is 21.8 Å². The van der Waals surface area contributed by atoms with Gasteiger partial charge in [0.25, 0.3) is 0 Å². The van der Waals surface area contributed by atoms with Crippen LogP contribution >= 0.6 is 11.8 Å². The maximum Gasteiger partial charge on any atom is 0.155 e. The van der Waals surface area contributed by atoms with Gasteiger partial charge in [-0.1, -0.05) is 17.7 Å². The molecule has 3 heterocycles. The molecule has 0 radical (unpaired) electrons. The van der Waals surface area contributed by atoms with E-state index in [-0.39, 0.29) is 30.1 Å². The smallest absolute Gasteiger partial charge is 0.155 e. The number of rotatable bonds is 2. The molecule has 1 saturated heterocycles. The van der Waals surface area contributed by atoms with Crippen molar-refractivity contribution in [3.05, 3.63) is 53.6 Å². The van der Waals surface area contributed by atoms with Crippen LogP contribution in [0.2, 0.25) is 0 Å². The van der Waals surface area contributed by atoms with E-state index < -0.39 is 17.0 Å². The normalized spacial score (nSPS) is 28.7. The Hall–Kier alpha value is -2.43. The molecule has 4 rings (SSSR count). The Bertz CT molecular complexity index is 1050. The van der Waals surface area contributed by atoms with Crippen molar-refractivity contribution in [3.8, 4) is 23.0 Å². The van der Waals surface area contributed by atoms with E-state index in [1.807, 2.05) is 13.0 Å². The third-order valence-electron chi connectivity index (χ3n) is 5.40. The Morgan fingerprint density at radius 2 is 2.07 bits per heavy atom. The number of ether oxygens (including phenoxy) is 1. The molecule has 0 amide bonds. The van der Waals surface area contributed by atoms with Gasteiger partial charge in [-0.2, -0.15) is 0 Å². The summed E-state index contributed by atoms with van der Waals surface area (Å²) in [6.45, 7) is 3.58. The second kappa shape index (κ2) is 7.43. The van der Waals surface area contributed by atoms with E-state index in [9.17, 15) is 4.39 Å². The summed E-state index contributed by atoms with van der Waals surface area (Å²) in [5, 5.41) is 0.282. The SMILES string of the molecule is CC#Cc1cncc(-c2cc(F)cc([C@]34CO[C@@H](C)C[C@@]3(F)CSC(N)=N4)c2)c1. The highest BCUT2D eigenvalue weighted by atomic mass is 32.2. The molecule has 2 aromatic rings. The number of hydrogen-bond acceptors (Lipinski definition) is 5. The fraction of sp³-hybridized carbons (Fsp3) is 0.364. The molecule has 0 saturated carbocycles. The zero-order valence-electron chi connectivity index (χ0n) is 16.2. The maximum absolute atomic E-state index is 16.2. The summed E-state index contributed by atoms with van der Waals surface area (Å²) in [6, 6.07) is 6.31. The van der Waals surface area contributed by atoms with Crippen molar-refractivity contribution in [3.63, 3.8) is 0 Å². The van der Waals surface area contributed by atoms with Gasteiger partial charge in [0.2, 0.25) is 0 Å². The van der Waals surface area contributed by atoms with Crippen molar-refractivity contribution in [1.82, 2.24) is 4.98 Å². The van der Waals surface area contributed by atoms with E-state index in [0.717, 1.165) is 5.56 Å². The van der Waals surface area contributed by atoms with Crippen LogP contribution in [0.5, 0.6) is 0 Å². The van der Waals surface area contributed by atoms with Gasteiger partial charge in [-0.15, -0.1) is 5.92 Å². The first-order valence-electron chi connectivity index (χ1n) is 9.33. The number of thioether (sulfide) groups is 1. The standard InChI is InChI=1S/C22H21F2N3OS/c1-3-4-15-5-17(11-26-10-15)16-6-18(8-19(23)7-16)22-12-28-14(2)9-21(22,24)13-29-20(25)27-22/h5-8,10-11,14H,9,12-13H2,1-2H3,(H2,25,27)/t14-,21+,22+/m0/s1. The molecule has 1 aromatic carbocycles. The number of pyridine rings is 1. The Labute approximate surface area is 173 Å². The summed E-state index contributed by atoms with van der Waals surface area (Å²) in [5.41, 5.74) is 5.32. The molecule has 0 unspecified atom stereocenters. The molecule has 29 heavy (non-hydrogen) atoms. The average Bonchev–Trinajstić information content (AvgIpc) is 2.68. The summed E-state index contributed by atoms with van der Waals surface area (Å²) in [7, 11) is 0. The molecular weight excluding hydrogens is 392 g/mol. The Morgan fingerprint density at radius 3 is 2.86 bits per heavy atom. The summed E-state index contributed by atoms with van der Waals surface area (Å²) < 4.78 is 36.7. The highest BCUT2D eigenvalue weighted by Crippen LogP contribution is 2.51. The van der Waals surface area contributed by atoms with Crippen LogP contribution in [0.25, 0.3) is 11.1 Å². The molecule has 1 aromatic heterocycles. The lowest BCUT2D eigenvalue weighted by atomic mass is 9.72. The van der Waals surface area contributed by atoms with Crippen LogP contribution in [0.3, 0.4) is 0 Å². The lowest BCUT2D eigenvalue weighted by Gasteiger charge is -2.49. The minimum Gasteiger partial charge on any atom is -0.379 e. The van der Waals surface area contributed by atoms with Crippen molar-refractivity contribution in [2.75, 3.05) is 12.4 Å². The third-order valence-corrected chi connectivity index (χ3v) is 6.38. The molecule has 2 N–H and O–H groups in total. The number of nitrogens with zero attached hydrogens (tertiary/aromatic N) is 2. The number of nitrogens with two attached hydrogens (primary N) is 1. The van der Waals surface area contributed by atoms with Crippen LogP contribution in [0.15, 0.2) is 41.7 Å². The number of aromatic nitrogens is 1. The predicted octanol–water partition coefficient (Wildman–Crippen LogP) is 4.03. The van der Waals surface area contributed by atoms with Crippen LogP contribution in [-0.4, -0.2) is 34.3 Å². The van der Waals surface area contributed by atoms with Crippen LogP contribution in [0.4, 0.5) is 8.78 Å². The zero-order chi connectivity index (χ0) is 20.6. The van der Waals surface area contributed by atoms with Crippen LogP contribution < -0.4 is 5.73 Å². The molecule has 0 bridgehead atoms. The van der Waals surface area contributed by atoms with Gasteiger partial charge in [-0.25, -0.2) is 13.8 Å². The van der Waals surface area contributed by atoms with Crippen LogP contribution in [0, 0.1) is 17.7 Å². The van der Waals surface area contributed by atoms with Gasteiger partial charge in [-0.05, 0) is 49.2 Å². The zero-order valence-corrected chi connectivity index (χ0v) is 17.0. The summed E-state index contributed by atoms with van der Waals surface area (Å²) in [4.78, 5) is 8.68. The molecule has 7 heteroatoms. The second-order valence-electron chi connectivity index (χ2n) is 7.46. The van der Waals surface area contributed by atoms with Crippen molar-refractivity contribution < 1.29 is 13.5 Å². The summed E-state index contributed by atoms with van der Waals surface area (Å²) >= 11 is 1.19. The van der Waals surface area contributed by atoms with Gasteiger partial charge in [0, 0.05) is 35.7 Å². The van der Waals surface area contributed by atoms with E-state index in [0.29, 0.717) is 16.7 Å². The quantitative estimate of drug-likeness (QED) is 0.755. The molecule has 0 spiro atoms. The van der Waals surface area contributed by atoms with E-state index in [4.69, 9.17) is 10.5 Å². The topological polar surface area (TPSA) is 60.5 Å². The molecule has 2 aliphatic rings. The number of alkyl halides is 1. The maximum atomic E-state index is 16.2. The van der Waals surface area contributed by atoms with Gasteiger partial charge in [-0.3, -0.25) is 4.98 Å². The lowest BCUT2D eigenvalue weighted by Crippen LogP contribution is -2.60. The highest BCUT2D eigenvalue weighted by molar-refractivity contribution is 8.13. The lowest BCUT2D eigenvalue weighted by molar-refractivity contribution is -0.106. The highest BCUT2D eigenvalue weighted by Gasteiger charge is 2.59. The van der Waals surface area contributed by atoms with Crippen molar-refractivity contribution in [2.24, 2.45) is 10.7 Å². The van der Waals surface area contributed by atoms with Crippen LogP contribution in [-0.2, 0) is 10.3 Å². The van der Waals surface area contributed by atoms with E-state index in [1.165, 1.54) is 23.9 Å².